The average Bonchev–Trinajstić information content (AvgIpc) is 2.48. The number of ether oxygens (including phenoxy) is 1. The molecule has 1 aliphatic heterocycles. The molecule has 3 nitrogen and oxygen atoms in total. The molecule has 1 aromatic rings. The van der Waals surface area contributed by atoms with Crippen LogP contribution in [0.15, 0.2) is 18.5 Å². The summed E-state index contributed by atoms with van der Waals surface area (Å²) in [5, 5.41) is 3.66. The van der Waals surface area contributed by atoms with Crippen LogP contribution < -0.4 is 5.32 Å². The van der Waals surface area contributed by atoms with E-state index in [1.807, 2.05) is 12.4 Å². The summed E-state index contributed by atoms with van der Waals surface area (Å²) in [5.74, 6) is 0. The SMILES string of the molecule is CCCNC(CCC1CCCCO1)c1cncc(C)c1. The maximum Gasteiger partial charge on any atom is 0.0575 e. The van der Waals surface area contributed by atoms with Crippen LogP contribution in [0.2, 0.25) is 0 Å². The Kier molecular flexibility index (Phi) is 6.48. The molecule has 0 saturated carbocycles. The second kappa shape index (κ2) is 8.38. The van der Waals surface area contributed by atoms with Crippen LogP contribution in [0.25, 0.3) is 0 Å². The van der Waals surface area contributed by atoms with Crippen molar-refractivity contribution in [2.75, 3.05) is 13.2 Å². The molecule has 2 atom stereocenters. The summed E-state index contributed by atoms with van der Waals surface area (Å²) < 4.78 is 5.85. The van der Waals surface area contributed by atoms with E-state index >= 15 is 0 Å². The number of aryl methyl sites for hydroxylation is 1. The number of hydrogen-bond acceptors (Lipinski definition) is 3. The quantitative estimate of drug-likeness (QED) is 0.823. The van der Waals surface area contributed by atoms with E-state index in [1.54, 1.807) is 0 Å². The number of nitrogens with zero attached hydrogens (tertiary/aromatic N) is 1. The summed E-state index contributed by atoms with van der Waals surface area (Å²) in [5.41, 5.74) is 2.55. The fraction of sp³-hybridized carbons (Fsp3) is 0.706. The molecule has 0 bridgehead atoms. The number of hydrogen-bond donors (Lipinski definition) is 1. The van der Waals surface area contributed by atoms with Gasteiger partial charge in [0.05, 0.1) is 6.10 Å². The Morgan fingerprint density at radius 2 is 2.30 bits per heavy atom. The molecule has 1 saturated heterocycles. The average molecular weight is 276 g/mol. The van der Waals surface area contributed by atoms with Gasteiger partial charge >= 0.3 is 0 Å². The smallest absolute Gasteiger partial charge is 0.0575 e. The Labute approximate surface area is 123 Å². The first-order valence-electron chi connectivity index (χ1n) is 8.06. The van der Waals surface area contributed by atoms with Crippen molar-refractivity contribution < 1.29 is 4.74 Å². The number of aromatic nitrogens is 1. The first-order valence-corrected chi connectivity index (χ1v) is 8.06. The van der Waals surface area contributed by atoms with Gasteiger partial charge in [-0.05, 0) is 63.1 Å². The minimum absolute atomic E-state index is 0.410. The highest BCUT2D eigenvalue weighted by Gasteiger charge is 2.17. The maximum atomic E-state index is 5.85. The highest BCUT2D eigenvalue weighted by Crippen LogP contribution is 2.24. The van der Waals surface area contributed by atoms with E-state index in [4.69, 9.17) is 4.74 Å². The normalized spacial score (nSPS) is 20.8. The summed E-state index contributed by atoms with van der Waals surface area (Å²) in [7, 11) is 0. The monoisotopic (exact) mass is 276 g/mol. The van der Waals surface area contributed by atoms with Crippen LogP contribution in [0.4, 0.5) is 0 Å². The molecule has 0 radical (unpaired) electrons. The third-order valence-electron chi connectivity index (χ3n) is 3.99. The lowest BCUT2D eigenvalue weighted by molar-refractivity contribution is 0.00854. The Morgan fingerprint density at radius 3 is 3.00 bits per heavy atom. The van der Waals surface area contributed by atoms with Crippen molar-refractivity contribution >= 4 is 0 Å². The van der Waals surface area contributed by atoms with Gasteiger partial charge < -0.3 is 10.1 Å². The molecule has 0 spiro atoms. The molecule has 2 heterocycles. The second-order valence-corrected chi connectivity index (χ2v) is 5.87. The zero-order chi connectivity index (χ0) is 14.2. The third-order valence-corrected chi connectivity index (χ3v) is 3.99. The van der Waals surface area contributed by atoms with Gasteiger partial charge in [0.15, 0.2) is 0 Å². The van der Waals surface area contributed by atoms with E-state index in [0.29, 0.717) is 12.1 Å². The Morgan fingerprint density at radius 1 is 1.40 bits per heavy atom. The molecule has 1 fully saturated rings. The van der Waals surface area contributed by atoms with Crippen LogP contribution in [-0.2, 0) is 4.74 Å². The van der Waals surface area contributed by atoms with Crippen molar-refractivity contribution in [3.63, 3.8) is 0 Å². The minimum Gasteiger partial charge on any atom is -0.378 e. The predicted molar refractivity (Wildman–Crippen MR) is 82.8 cm³/mol. The maximum absolute atomic E-state index is 5.85. The molecule has 2 rings (SSSR count). The van der Waals surface area contributed by atoms with Gasteiger partial charge in [0.1, 0.15) is 0 Å². The van der Waals surface area contributed by atoms with Crippen molar-refractivity contribution in [2.24, 2.45) is 0 Å². The Balaban J connectivity index is 1.92. The van der Waals surface area contributed by atoms with E-state index in [1.165, 1.54) is 30.4 Å². The van der Waals surface area contributed by atoms with Crippen molar-refractivity contribution in [1.82, 2.24) is 10.3 Å². The van der Waals surface area contributed by atoms with Gasteiger partial charge in [-0.3, -0.25) is 4.98 Å². The Hall–Kier alpha value is -0.930. The highest BCUT2D eigenvalue weighted by atomic mass is 16.5. The molecule has 20 heavy (non-hydrogen) atoms. The van der Waals surface area contributed by atoms with Crippen LogP contribution in [-0.4, -0.2) is 24.2 Å². The zero-order valence-corrected chi connectivity index (χ0v) is 12.9. The van der Waals surface area contributed by atoms with Crippen molar-refractivity contribution in [3.05, 3.63) is 29.6 Å². The molecule has 2 unspecified atom stereocenters. The Bertz CT molecular complexity index is 388. The minimum atomic E-state index is 0.410. The molecule has 1 N–H and O–H groups in total. The van der Waals surface area contributed by atoms with Crippen LogP contribution in [0, 0.1) is 6.92 Å². The first-order chi connectivity index (χ1) is 9.79. The summed E-state index contributed by atoms with van der Waals surface area (Å²) in [6, 6.07) is 2.66. The highest BCUT2D eigenvalue weighted by molar-refractivity contribution is 5.20. The van der Waals surface area contributed by atoms with Crippen molar-refractivity contribution in [1.29, 1.82) is 0 Å². The van der Waals surface area contributed by atoms with Crippen molar-refractivity contribution in [2.45, 2.75) is 64.5 Å². The van der Waals surface area contributed by atoms with E-state index in [-0.39, 0.29) is 0 Å². The molecule has 1 aromatic heterocycles. The van der Waals surface area contributed by atoms with Crippen LogP contribution in [0.1, 0.15) is 62.6 Å². The topological polar surface area (TPSA) is 34.1 Å². The van der Waals surface area contributed by atoms with Gasteiger partial charge in [0.25, 0.3) is 0 Å². The number of rotatable bonds is 7. The van der Waals surface area contributed by atoms with Crippen LogP contribution in [0.3, 0.4) is 0 Å². The fourth-order valence-electron chi connectivity index (χ4n) is 2.86. The van der Waals surface area contributed by atoms with Crippen molar-refractivity contribution in [3.8, 4) is 0 Å². The van der Waals surface area contributed by atoms with Crippen LogP contribution >= 0.6 is 0 Å². The van der Waals surface area contributed by atoms with Gasteiger partial charge in [0, 0.05) is 25.0 Å². The lowest BCUT2D eigenvalue weighted by atomic mass is 9.97. The molecular formula is C17H28N2O. The fourth-order valence-corrected chi connectivity index (χ4v) is 2.86. The molecule has 112 valence electrons. The first kappa shape index (κ1) is 15.5. The van der Waals surface area contributed by atoms with Gasteiger partial charge in [-0.25, -0.2) is 0 Å². The van der Waals surface area contributed by atoms with E-state index < -0.39 is 0 Å². The lowest BCUT2D eigenvalue weighted by Crippen LogP contribution is -2.25. The van der Waals surface area contributed by atoms with E-state index in [2.05, 4.69) is 30.2 Å². The number of nitrogens with one attached hydrogen (secondary N) is 1. The standard InChI is InChI=1S/C17H28N2O/c1-3-9-19-17(15-11-14(2)12-18-13-15)8-7-16-6-4-5-10-20-16/h11-13,16-17,19H,3-10H2,1-2H3. The predicted octanol–water partition coefficient (Wildman–Crippen LogP) is 3.78. The summed E-state index contributed by atoms with van der Waals surface area (Å²) >= 11 is 0. The molecule has 0 aromatic carbocycles. The van der Waals surface area contributed by atoms with Gasteiger partial charge in [-0.15, -0.1) is 0 Å². The van der Waals surface area contributed by atoms with Gasteiger partial charge in [-0.2, -0.15) is 0 Å². The molecule has 1 aliphatic rings. The summed E-state index contributed by atoms with van der Waals surface area (Å²) in [6.07, 6.45) is 11.6. The third kappa shape index (κ3) is 4.88. The lowest BCUT2D eigenvalue weighted by Gasteiger charge is -2.25. The summed E-state index contributed by atoms with van der Waals surface area (Å²) in [6.45, 7) is 6.33. The summed E-state index contributed by atoms with van der Waals surface area (Å²) in [4.78, 5) is 4.34. The molecule has 3 heteroatoms. The van der Waals surface area contributed by atoms with E-state index in [9.17, 15) is 0 Å². The van der Waals surface area contributed by atoms with E-state index in [0.717, 1.165) is 32.4 Å². The zero-order valence-electron chi connectivity index (χ0n) is 12.9. The largest absolute Gasteiger partial charge is 0.378 e. The molecule has 0 amide bonds. The van der Waals surface area contributed by atoms with Gasteiger partial charge in [0.2, 0.25) is 0 Å². The second-order valence-electron chi connectivity index (χ2n) is 5.87. The van der Waals surface area contributed by atoms with Gasteiger partial charge in [-0.1, -0.05) is 13.0 Å². The molecule has 0 aliphatic carbocycles. The molecular weight excluding hydrogens is 248 g/mol. The van der Waals surface area contributed by atoms with Crippen LogP contribution in [0.5, 0.6) is 0 Å². The number of pyridine rings is 1.